The molecule has 0 aliphatic heterocycles. The largest absolute Gasteiger partial charge is 0.347 e. The molecule has 0 aromatic carbocycles. The van der Waals surface area contributed by atoms with E-state index < -0.39 is 5.56 Å². The molecule has 0 fully saturated rings. The number of aryl methyl sites for hydroxylation is 1. The van der Waals surface area contributed by atoms with Crippen molar-refractivity contribution in [3.63, 3.8) is 0 Å². The Morgan fingerprint density at radius 3 is 2.53 bits per heavy atom. The van der Waals surface area contributed by atoms with Gasteiger partial charge in [-0.15, -0.1) is 0 Å². The monoisotopic (exact) mass is 234 g/mol. The number of aromatic nitrogens is 2. The van der Waals surface area contributed by atoms with E-state index >= 15 is 0 Å². The van der Waals surface area contributed by atoms with Crippen LogP contribution in [0.1, 0.15) is 16.8 Å². The van der Waals surface area contributed by atoms with Crippen LogP contribution in [-0.2, 0) is 11.3 Å². The van der Waals surface area contributed by atoms with Crippen LogP contribution in [0.5, 0.6) is 0 Å². The minimum absolute atomic E-state index is 0.0454. The standard InChI is InChI=1S/C11H14N4O2/c1-7-8(2)13-15(6-10(16)14(3)4)11(17)9(7)5-12/h6H2,1-4H3. The molecule has 6 heteroatoms. The van der Waals surface area contributed by atoms with Crippen LogP contribution in [0.25, 0.3) is 0 Å². The van der Waals surface area contributed by atoms with Gasteiger partial charge in [0.05, 0.1) is 5.69 Å². The Morgan fingerprint density at radius 2 is 2.06 bits per heavy atom. The Morgan fingerprint density at radius 1 is 1.47 bits per heavy atom. The highest BCUT2D eigenvalue weighted by Gasteiger charge is 2.14. The van der Waals surface area contributed by atoms with E-state index in [4.69, 9.17) is 5.26 Å². The van der Waals surface area contributed by atoms with E-state index in [2.05, 4.69) is 5.10 Å². The fraction of sp³-hybridized carbons (Fsp3) is 0.455. The van der Waals surface area contributed by atoms with Gasteiger partial charge in [-0.1, -0.05) is 0 Å². The number of nitrogens with zero attached hydrogens (tertiary/aromatic N) is 4. The lowest BCUT2D eigenvalue weighted by molar-refractivity contribution is -0.129. The van der Waals surface area contributed by atoms with Gasteiger partial charge in [-0.3, -0.25) is 9.59 Å². The summed E-state index contributed by atoms with van der Waals surface area (Å²) in [6, 6.07) is 1.85. The molecule has 0 radical (unpaired) electrons. The first-order chi connectivity index (χ1) is 7.88. The van der Waals surface area contributed by atoms with Crippen LogP contribution in [0.3, 0.4) is 0 Å². The third-order valence-corrected chi connectivity index (χ3v) is 2.53. The van der Waals surface area contributed by atoms with Crippen molar-refractivity contribution in [2.75, 3.05) is 14.1 Å². The second-order valence-electron chi connectivity index (χ2n) is 3.95. The number of nitriles is 1. The maximum atomic E-state index is 11.8. The van der Waals surface area contributed by atoms with Gasteiger partial charge in [-0.05, 0) is 19.4 Å². The highest BCUT2D eigenvalue weighted by Crippen LogP contribution is 2.04. The van der Waals surface area contributed by atoms with Gasteiger partial charge in [-0.2, -0.15) is 10.4 Å². The van der Waals surface area contributed by atoms with E-state index in [0.717, 1.165) is 4.68 Å². The Kier molecular flexibility index (Phi) is 3.63. The number of rotatable bonds is 2. The van der Waals surface area contributed by atoms with Crippen LogP contribution in [0, 0.1) is 25.2 Å². The van der Waals surface area contributed by atoms with Crippen LogP contribution in [0.15, 0.2) is 4.79 Å². The molecule has 1 aromatic rings. The van der Waals surface area contributed by atoms with Gasteiger partial charge in [0.2, 0.25) is 5.91 Å². The summed E-state index contributed by atoms with van der Waals surface area (Å²) in [4.78, 5) is 24.7. The fourth-order valence-corrected chi connectivity index (χ4v) is 1.28. The Bertz CT molecular complexity index is 552. The highest BCUT2D eigenvalue weighted by molar-refractivity contribution is 5.75. The highest BCUT2D eigenvalue weighted by atomic mass is 16.2. The van der Waals surface area contributed by atoms with E-state index in [0.29, 0.717) is 11.3 Å². The van der Waals surface area contributed by atoms with Crippen molar-refractivity contribution in [1.82, 2.24) is 14.7 Å². The topological polar surface area (TPSA) is 79.0 Å². The molecule has 0 saturated heterocycles. The van der Waals surface area contributed by atoms with Crippen molar-refractivity contribution >= 4 is 5.91 Å². The van der Waals surface area contributed by atoms with Crippen LogP contribution < -0.4 is 5.56 Å². The van der Waals surface area contributed by atoms with Gasteiger partial charge >= 0.3 is 0 Å². The summed E-state index contributed by atoms with van der Waals surface area (Å²) < 4.78 is 1.03. The molecule has 0 aliphatic carbocycles. The SMILES string of the molecule is Cc1nn(CC(=O)N(C)C)c(=O)c(C#N)c1C. The Labute approximate surface area is 99.1 Å². The second-order valence-corrected chi connectivity index (χ2v) is 3.95. The maximum absolute atomic E-state index is 11.8. The third kappa shape index (κ3) is 2.50. The molecule has 1 heterocycles. The van der Waals surface area contributed by atoms with Crippen molar-refractivity contribution in [1.29, 1.82) is 5.26 Å². The van der Waals surface area contributed by atoms with Gasteiger partial charge in [0, 0.05) is 14.1 Å². The molecule has 0 N–H and O–H groups in total. The van der Waals surface area contributed by atoms with Crippen molar-refractivity contribution < 1.29 is 4.79 Å². The third-order valence-electron chi connectivity index (χ3n) is 2.53. The molecule has 1 amide bonds. The average molecular weight is 234 g/mol. The van der Waals surface area contributed by atoms with Crippen LogP contribution in [0.4, 0.5) is 0 Å². The lowest BCUT2D eigenvalue weighted by atomic mass is 10.1. The quantitative estimate of drug-likeness (QED) is 0.711. The van der Waals surface area contributed by atoms with E-state index in [-0.39, 0.29) is 18.0 Å². The predicted molar refractivity (Wildman–Crippen MR) is 61.4 cm³/mol. The van der Waals surface area contributed by atoms with Crippen LogP contribution >= 0.6 is 0 Å². The van der Waals surface area contributed by atoms with Crippen molar-refractivity contribution in [2.45, 2.75) is 20.4 Å². The smallest absolute Gasteiger partial charge is 0.285 e. The summed E-state index contributed by atoms with van der Waals surface area (Å²) >= 11 is 0. The van der Waals surface area contributed by atoms with E-state index in [1.165, 1.54) is 4.90 Å². The fourth-order valence-electron chi connectivity index (χ4n) is 1.28. The molecular weight excluding hydrogens is 220 g/mol. The summed E-state index contributed by atoms with van der Waals surface area (Å²) in [5, 5.41) is 12.9. The number of hydrogen-bond donors (Lipinski definition) is 0. The molecule has 0 saturated carbocycles. The normalized spacial score (nSPS) is 9.82. The molecule has 1 rings (SSSR count). The molecule has 0 spiro atoms. The molecule has 0 aliphatic rings. The van der Waals surface area contributed by atoms with Crippen molar-refractivity contribution in [2.24, 2.45) is 0 Å². The van der Waals surface area contributed by atoms with Gasteiger partial charge in [-0.25, -0.2) is 4.68 Å². The lowest BCUT2D eigenvalue weighted by Gasteiger charge is -2.12. The first-order valence-electron chi connectivity index (χ1n) is 5.07. The molecule has 17 heavy (non-hydrogen) atoms. The number of carbonyl (C=O) groups excluding carboxylic acids is 1. The zero-order chi connectivity index (χ0) is 13.2. The van der Waals surface area contributed by atoms with Crippen LogP contribution in [0.2, 0.25) is 0 Å². The van der Waals surface area contributed by atoms with Gasteiger partial charge in [0.25, 0.3) is 5.56 Å². The first kappa shape index (κ1) is 12.9. The molecular formula is C11H14N4O2. The lowest BCUT2D eigenvalue weighted by Crippen LogP contribution is -2.35. The van der Waals surface area contributed by atoms with Crippen LogP contribution in [-0.4, -0.2) is 34.7 Å². The zero-order valence-corrected chi connectivity index (χ0v) is 10.3. The molecule has 90 valence electrons. The van der Waals surface area contributed by atoms with Crippen molar-refractivity contribution in [3.8, 4) is 6.07 Å². The molecule has 6 nitrogen and oxygen atoms in total. The molecule has 0 bridgehead atoms. The molecule has 0 atom stereocenters. The van der Waals surface area contributed by atoms with E-state index in [9.17, 15) is 9.59 Å². The van der Waals surface area contributed by atoms with E-state index in [1.54, 1.807) is 27.9 Å². The van der Waals surface area contributed by atoms with Gasteiger partial charge in [0.15, 0.2) is 0 Å². The first-order valence-corrected chi connectivity index (χ1v) is 5.07. The zero-order valence-electron chi connectivity index (χ0n) is 10.3. The summed E-state index contributed by atoms with van der Waals surface area (Å²) in [6.45, 7) is 3.22. The minimum Gasteiger partial charge on any atom is -0.347 e. The Hall–Kier alpha value is -2.16. The summed E-state index contributed by atoms with van der Waals surface area (Å²) in [5.74, 6) is -0.244. The van der Waals surface area contributed by atoms with E-state index in [1.807, 2.05) is 6.07 Å². The number of likely N-dealkylation sites (N-methyl/N-ethyl adjacent to an activating group) is 1. The average Bonchev–Trinajstić information content (AvgIpc) is 2.26. The number of carbonyl (C=O) groups is 1. The number of amides is 1. The molecule has 0 unspecified atom stereocenters. The minimum atomic E-state index is -0.522. The second kappa shape index (κ2) is 4.78. The summed E-state index contributed by atoms with van der Waals surface area (Å²) in [7, 11) is 3.19. The summed E-state index contributed by atoms with van der Waals surface area (Å²) in [6.07, 6.45) is 0. The Balaban J connectivity index is 3.29. The predicted octanol–water partition coefficient (Wildman–Crippen LogP) is -0.180. The van der Waals surface area contributed by atoms with Gasteiger partial charge < -0.3 is 4.90 Å². The number of hydrogen-bond acceptors (Lipinski definition) is 4. The molecule has 1 aromatic heterocycles. The van der Waals surface area contributed by atoms with Crippen molar-refractivity contribution in [3.05, 3.63) is 27.2 Å². The summed E-state index contributed by atoms with van der Waals surface area (Å²) in [5.41, 5.74) is 0.661. The van der Waals surface area contributed by atoms with Gasteiger partial charge in [0.1, 0.15) is 18.2 Å². The maximum Gasteiger partial charge on any atom is 0.285 e.